The minimum atomic E-state index is -0.386. The molecule has 0 radical (unpaired) electrons. The Morgan fingerprint density at radius 2 is 0.854 bits per heavy atom. The fourth-order valence-electron chi connectivity index (χ4n) is 5.75. The SMILES string of the molecule is CCCCc1cc([N+](c2ccc(F)cc2)(c2ccc(F)cc2)c2ccc(F)cc2)c(CCCC)c(CCCC)c1F. The molecular formula is C36H40F4N+. The zero-order chi connectivity index (χ0) is 29.4. The Labute approximate surface area is 242 Å². The molecule has 0 amide bonds. The lowest BCUT2D eigenvalue weighted by Crippen LogP contribution is -2.35. The molecule has 216 valence electrons. The van der Waals surface area contributed by atoms with E-state index >= 15 is 4.39 Å². The number of halogens is 4. The normalized spacial score (nSPS) is 11.7. The number of benzene rings is 4. The lowest BCUT2D eigenvalue weighted by atomic mass is 9.89. The smallest absolute Gasteiger partial charge is 0.152 e. The third-order valence-electron chi connectivity index (χ3n) is 7.89. The minimum absolute atomic E-state index is 0.0571. The first-order chi connectivity index (χ1) is 19.9. The van der Waals surface area contributed by atoms with Gasteiger partial charge in [0.05, 0.1) is 0 Å². The molecule has 4 aromatic rings. The Kier molecular flexibility index (Phi) is 10.4. The van der Waals surface area contributed by atoms with Crippen molar-refractivity contribution < 1.29 is 17.6 Å². The zero-order valence-electron chi connectivity index (χ0n) is 24.3. The molecule has 4 rings (SSSR count). The predicted octanol–water partition coefficient (Wildman–Crippen LogP) is 11.6. The van der Waals surface area contributed by atoms with E-state index in [1.807, 2.05) is 6.07 Å². The highest BCUT2D eigenvalue weighted by Gasteiger charge is 2.42. The van der Waals surface area contributed by atoms with Crippen LogP contribution in [0.5, 0.6) is 0 Å². The zero-order valence-corrected chi connectivity index (χ0v) is 24.3. The lowest BCUT2D eigenvalue weighted by molar-refractivity contribution is 0.569. The molecule has 5 heteroatoms. The van der Waals surface area contributed by atoms with Crippen molar-refractivity contribution >= 4 is 22.7 Å². The van der Waals surface area contributed by atoms with Gasteiger partial charge in [0, 0.05) is 48.0 Å². The number of hydrogen-bond donors (Lipinski definition) is 0. The van der Waals surface area contributed by atoms with Crippen molar-refractivity contribution in [2.24, 2.45) is 0 Å². The second kappa shape index (κ2) is 14.0. The van der Waals surface area contributed by atoms with E-state index in [-0.39, 0.29) is 27.8 Å². The van der Waals surface area contributed by atoms with Crippen LogP contribution < -0.4 is 4.48 Å². The highest BCUT2D eigenvalue weighted by Crippen LogP contribution is 2.54. The highest BCUT2D eigenvalue weighted by molar-refractivity contribution is 5.84. The number of unbranched alkanes of at least 4 members (excludes halogenated alkanes) is 3. The van der Waals surface area contributed by atoms with Crippen molar-refractivity contribution in [1.29, 1.82) is 0 Å². The summed E-state index contributed by atoms with van der Waals surface area (Å²) >= 11 is 0. The van der Waals surface area contributed by atoms with Crippen LogP contribution in [0.1, 0.15) is 76.0 Å². The summed E-state index contributed by atoms with van der Waals surface area (Å²) in [7, 11) is 0. The minimum Gasteiger partial charge on any atom is -0.207 e. The predicted molar refractivity (Wildman–Crippen MR) is 162 cm³/mol. The van der Waals surface area contributed by atoms with Crippen LogP contribution in [0.4, 0.5) is 40.3 Å². The fourth-order valence-corrected chi connectivity index (χ4v) is 5.75. The molecule has 41 heavy (non-hydrogen) atoms. The first-order valence-electron chi connectivity index (χ1n) is 14.9. The maximum absolute atomic E-state index is 16.4. The molecule has 0 N–H and O–H groups in total. The van der Waals surface area contributed by atoms with Crippen LogP contribution in [0.15, 0.2) is 78.9 Å². The number of quaternary nitrogens is 1. The van der Waals surface area contributed by atoms with E-state index in [1.165, 1.54) is 36.4 Å². The molecule has 0 bridgehead atoms. The van der Waals surface area contributed by atoms with Crippen LogP contribution >= 0.6 is 0 Å². The Morgan fingerprint density at radius 1 is 0.488 bits per heavy atom. The number of hydrogen-bond acceptors (Lipinski definition) is 0. The summed E-state index contributed by atoms with van der Waals surface area (Å²) in [6.07, 6.45) is 7.14. The largest absolute Gasteiger partial charge is 0.207 e. The van der Waals surface area contributed by atoms with Crippen LogP contribution in [0, 0.1) is 23.3 Å². The summed E-state index contributed by atoms with van der Waals surface area (Å²) in [6.45, 7) is 6.29. The van der Waals surface area contributed by atoms with Gasteiger partial charge in [0.15, 0.2) is 5.69 Å². The van der Waals surface area contributed by atoms with Crippen molar-refractivity contribution in [3.63, 3.8) is 0 Å². The summed E-state index contributed by atoms with van der Waals surface area (Å²) in [5.41, 5.74) is 5.18. The van der Waals surface area contributed by atoms with Gasteiger partial charge in [-0.05, 0) is 86.1 Å². The number of aryl methyl sites for hydroxylation is 1. The maximum atomic E-state index is 16.4. The highest BCUT2D eigenvalue weighted by atomic mass is 19.1. The molecule has 0 heterocycles. The Bertz CT molecular complexity index is 1300. The maximum Gasteiger partial charge on any atom is 0.152 e. The molecule has 0 aliphatic carbocycles. The Balaban J connectivity index is 2.22. The van der Waals surface area contributed by atoms with Crippen molar-refractivity contribution in [3.05, 3.63) is 119 Å². The Hall–Kier alpha value is -3.44. The number of nitrogens with zero attached hydrogens (tertiary/aromatic N) is 1. The fraction of sp³-hybridized carbons (Fsp3) is 0.333. The summed E-state index contributed by atoms with van der Waals surface area (Å²) in [5.74, 6) is -1.30. The average Bonchev–Trinajstić information content (AvgIpc) is 2.98. The van der Waals surface area contributed by atoms with Crippen molar-refractivity contribution in [3.8, 4) is 0 Å². The van der Waals surface area contributed by atoms with E-state index in [0.29, 0.717) is 41.9 Å². The topological polar surface area (TPSA) is 0 Å². The second-order valence-corrected chi connectivity index (χ2v) is 10.7. The van der Waals surface area contributed by atoms with Gasteiger partial charge in [-0.25, -0.2) is 17.6 Å². The molecule has 0 aromatic heterocycles. The molecule has 0 fully saturated rings. The first kappa shape index (κ1) is 30.5. The van der Waals surface area contributed by atoms with Crippen molar-refractivity contribution in [1.82, 2.24) is 4.48 Å². The van der Waals surface area contributed by atoms with Gasteiger partial charge in [-0.3, -0.25) is 0 Å². The molecule has 0 aliphatic rings. The first-order valence-corrected chi connectivity index (χ1v) is 14.9. The van der Waals surface area contributed by atoms with Crippen LogP contribution in [0.25, 0.3) is 0 Å². The van der Waals surface area contributed by atoms with Gasteiger partial charge in [-0.1, -0.05) is 40.0 Å². The van der Waals surface area contributed by atoms with E-state index in [1.54, 1.807) is 36.4 Å². The van der Waals surface area contributed by atoms with E-state index in [9.17, 15) is 13.2 Å². The van der Waals surface area contributed by atoms with Crippen LogP contribution in [-0.2, 0) is 19.3 Å². The monoisotopic (exact) mass is 562 g/mol. The van der Waals surface area contributed by atoms with Crippen LogP contribution in [0.2, 0.25) is 0 Å². The van der Waals surface area contributed by atoms with Gasteiger partial charge in [-0.15, -0.1) is 0 Å². The van der Waals surface area contributed by atoms with Gasteiger partial charge >= 0.3 is 0 Å². The molecule has 0 saturated heterocycles. The summed E-state index contributed by atoms with van der Waals surface area (Å²) in [5, 5.41) is 0. The van der Waals surface area contributed by atoms with Crippen LogP contribution in [0.3, 0.4) is 0 Å². The molecule has 0 unspecified atom stereocenters. The lowest BCUT2D eigenvalue weighted by Gasteiger charge is -2.39. The third-order valence-corrected chi connectivity index (χ3v) is 7.89. The number of rotatable bonds is 13. The van der Waals surface area contributed by atoms with Crippen LogP contribution in [-0.4, -0.2) is 0 Å². The van der Waals surface area contributed by atoms with E-state index < -0.39 is 0 Å². The van der Waals surface area contributed by atoms with E-state index in [0.717, 1.165) is 55.3 Å². The molecule has 0 saturated carbocycles. The average molecular weight is 563 g/mol. The summed E-state index contributed by atoms with van der Waals surface area (Å²) in [6, 6.07) is 20.7. The molecule has 0 atom stereocenters. The molecule has 0 aliphatic heterocycles. The van der Waals surface area contributed by atoms with Gasteiger partial charge in [0.2, 0.25) is 0 Å². The van der Waals surface area contributed by atoms with Gasteiger partial charge < -0.3 is 0 Å². The summed E-state index contributed by atoms with van der Waals surface area (Å²) in [4.78, 5) is 0. The second-order valence-electron chi connectivity index (χ2n) is 10.7. The van der Waals surface area contributed by atoms with E-state index in [2.05, 4.69) is 20.8 Å². The molecule has 0 spiro atoms. The summed E-state index contributed by atoms with van der Waals surface area (Å²) < 4.78 is 59.3. The Morgan fingerprint density at radius 3 is 1.24 bits per heavy atom. The van der Waals surface area contributed by atoms with Gasteiger partial charge in [-0.2, -0.15) is 4.48 Å². The van der Waals surface area contributed by atoms with E-state index in [4.69, 9.17) is 0 Å². The van der Waals surface area contributed by atoms with Crippen molar-refractivity contribution in [2.45, 2.75) is 78.6 Å². The van der Waals surface area contributed by atoms with Crippen molar-refractivity contribution in [2.75, 3.05) is 0 Å². The standard InChI is InChI=1S/C36H40F4N/c1-4-7-10-26-25-35(33(11-8-5-2)34(36(26)40)12-9-6-3)41(30-19-13-27(37)14-20-30,31-21-15-28(38)16-22-31)32-23-17-29(39)18-24-32/h13-25H,4-12H2,1-3H3/q+1. The van der Waals surface area contributed by atoms with Gasteiger partial charge in [0.1, 0.15) is 40.3 Å². The third kappa shape index (κ3) is 6.41. The molecule has 1 nitrogen and oxygen atoms in total. The quantitative estimate of drug-likeness (QED) is 0.112. The molecule has 4 aromatic carbocycles. The van der Waals surface area contributed by atoms with Gasteiger partial charge in [0.25, 0.3) is 0 Å². The molecular weight excluding hydrogens is 522 g/mol.